The first kappa shape index (κ1) is 20.3. The maximum atomic E-state index is 13.0. The lowest BCUT2D eigenvalue weighted by Crippen LogP contribution is -2.43. The number of methoxy groups -OCH3 is 1. The minimum atomic E-state index is -1.07. The summed E-state index contributed by atoms with van der Waals surface area (Å²) < 4.78 is 7.79. The fraction of sp³-hybridized carbons (Fsp3) is 0.529. The Hall–Kier alpha value is -3.06. The number of esters is 1. The van der Waals surface area contributed by atoms with Crippen molar-refractivity contribution >= 4 is 29.0 Å². The van der Waals surface area contributed by atoms with Gasteiger partial charge in [0.05, 0.1) is 13.7 Å². The molecule has 0 amide bonds. The minimum absolute atomic E-state index is 0.208. The van der Waals surface area contributed by atoms with Gasteiger partial charge in [-0.1, -0.05) is 5.92 Å². The van der Waals surface area contributed by atoms with Crippen LogP contribution in [0.5, 0.6) is 0 Å². The molecule has 2 aromatic rings. The van der Waals surface area contributed by atoms with Crippen LogP contribution in [-0.4, -0.2) is 50.8 Å². The molecule has 4 N–H and O–H groups in total. The van der Waals surface area contributed by atoms with Crippen molar-refractivity contribution < 1.29 is 9.53 Å². The number of hydrogen-bond acceptors (Lipinski definition) is 8. The number of hydrogen-bond donors (Lipinski definition) is 3. The lowest BCUT2D eigenvalue weighted by Gasteiger charge is -2.24. The Morgan fingerprint density at radius 2 is 2.00 bits per heavy atom. The molecule has 0 aliphatic carbocycles. The van der Waals surface area contributed by atoms with E-state index in [4.69, 9.17) is 10.5 Å². The lowest BCUT2D eigenvalue weighted by molar-refractivity contribution is -0.144. The number of ether oxygens (including phenoxy) is 1. The molecule has 2 rings (SSSR count). The summed E-state index contributed by atoms with van der Waals surface area (Å²) in [6.07, 6.45) is 0. The van der Waals surface area contributed by atoms with Crippen LogP contribution in [0.3, 0.4) is 0 Å². The average molecular weight is 375 g/mol. The van der Waals surface area contributed by atoms with Crippen LogP contribution in [-0.2, 0) is 23.1 Å². The zero-order chi connectivity index (χ0) is 20.2. The second kappa shape index (κ2) is 8.09. The minimum Gasteiger partial charge on any atom is -0.467 e. The molecule has 0 aliphatic heterocycles. The lowest BCUT2D eigenvalue weighted by atomic mass is 10.1. The van der Waals surface area contributed by atoms with Gasteiger partial charge in [-0.3, -0.25) is 13.9 Å². The van der Waals surface area contributed by atoms with E-state index in [1.807, 2.05) is 0 Å². The Morgan fingerprint density at radius 3 is 2.59 bits per heavy atom. The van der Waals surface area contributed by atoms with Gasteiger partial charge in [0.1, 0.15) is 5.54 Å². The van der Waals surface area contributed by atoms with E-state index in [9.17, 15) is 9.59 Å². The molecule has 0 spiro atoms. The molecule has 2 heterocycles. The predicted octanol–water partition coefficient (Wildman–Crippen LogP) is -0.113. The highest BCUT2D eigenvalue weighted by Crippen LogP contribution is 2.19. The maximum absolute atomic E-state index is 13.0. The first-order valence-corrected chi connectivity index (χ1v) is 8.44. The van der Waals surface area contributed by atoms with Gasteiger partial charge in [0.25, 0.3) is 5.56 Å². The molecular formula is C17H25N7O3. The van der Waals surface area contributed by atoms with Crippen LogP contribution < -0.4 is 21.9 Å². The highest BCUT2D eigenvalue weighted by Gasteiger charge is 2.30. The Morgan fingerprint density at radius 1 is 1.33 bits per heavy atom. The molecule has 10 heteroatoms. The molecule has 0 radical (unpaired) electrons. The van der Waals surface area contributed by atoms with Gasteiger partial charge in [0, 0.05) is 20.1 Å². The van der Waals surface area contributed by atoms with Crippen molar-refractivity contribution in [3.63, 3.8) is 0 Å². The van der Waals surface area contributed by atoms with Crippen molar-refractivity contribution in [2.75, 3.05) is 30.8 Å². The molecule has 10 nitrogen and oxygen atoms in total. The SMILES string of the molecule is CC#CCn1c(NCCN)nc2nc(NC(C)(C)C(=O)OC)n(C)c(=O)c21. The van der Waals surface area contributed by atoms with Crippen molar-refractivity contribution in [3.05, 3.63) is 10.4 Å². The van der Waals surface area contributed by atoms with E-state index in [0.29, 0.717) is 24.6 Å². The van der Waals surface area contributed by atoms with Gasteiger partial charge >= 0.3 is 5.97 Å². The van der Waals surface area contributed by atoms with Gasteiger partial charge in [-0.25, -0.2) is 4.79 Å². The van der Waals surface area contributed by atoms with Crippen LogP contribution in [0, 0.1) is 11.8 Å². The number of aromatic nitrogens is 4. The van der Waals surface area contributed by atoms with Crippen LogP contribution in [0.15, 0.2) is 4.79 Å². The third-order valence-electron chi connectivity index (χ3n) is 3.95. The summed E-state index contributed by atoms with van der Waals surface area (Å²) >= 11 is 0. The first-order valence-electron chi connectivity index (χ1n) is 8.44. The van der Waals surface area contributed by atoms with Gasteiger partial charge in [0.2, 0.25) is 11.9 Å². The van der Waals surface area contributed by atoms with Crippen molar-refractivity contribution in [2.24, 2.45) is 12.8 Å². The van der Waals surface area contributed by atoms with Crippen LogP contribution >= 0.6 is 0 Å². The van der Waals surface area contributed by atoms with Crippen molar-refractivity contribution in [1.82, 2.24) is 19.1 Å². The Bertz CT molecular complexity index is 963. The highest BCUT2D eigenvalue weighted by molar-refractivity contribution is 5.83. The van der Waals surface area contributed by atoms with Gasteiger partial charge < -0.3 is 21.1 Å². The molecule has 146 valence electrons. The second-order valence-corrected chi connectivity index (χ2v) is 6.38. The van der Waals surface area contributed by atoms with Crippen LogP contribution in [0.2, 0.25) is 0 Å². The standard InChI is InChI=1S/C17H25N7O3/c1-6-7-10-24-11-12(20-15(24)19-9-8-18)21-16(23(4)13(11)25)22-17(2,3)14(26)27-5/h8-10,18H2,1-5H3,(H,19,20)(H,21,22). The third kappa shape index (κ3) is 4.03. The number of carbonyl (C=O) groups excluding carboxylic acids is 1. The summed E-state index contributed by atoms with van der Waals surface area (Å²) in [4.78, 5) is 33.7. The molecule has 0 bridgehead atoms. The average Bonchev–Trinajstić information content (AvgIpc) is 2.98. The largest absolute Gasteiger partial charge is 0.467 e. The Balaban J connectivity index is 2.61. The van der Waals surface area contributed by atoms with Gasteiger partial charge in [0.15, 0.2) is 11.2 Å². The maximum Gasteiger partial charge on any atom is 0.330 e. The molecule has 0 unspecified atom stereocenters. The first-order chi connectivity index (χ1) is 12.8. The summed E-state index contributed by atoms with van der Waals surface area (Å²) in [6.45, 7) is 6.19. The zero-order valence-electron chi connectivity index (χ0n) is 16.2. The zero-order valence-corrected chi connectivity index (χ0v) is 16.2. The topological polar surface area (TPSA) is 129 Å². The fourth-order valence-electron chi connectivity index (χ4n) is 2.49. The number of nitrogens with two attached hydrogens (primary N) is 1. The monoisotopic (exact) mass is 375 g/mol. The van der Waals surface area contributed by atoms with Crippen LogP contribution in [0.1, 0.15) is 20.8 Å². The van der Waals surface area contributed by atoms with Gasteiger partial charge in [-0.2, -0.15) is 9.97 Å². The molecule has 0 saturated carbocycles. The van der Waals surface area contributed by atoms with E-state index < -0.39 is 11.5 Å². The van der Waals surface area contributed by atoms with Crippen molar-refractivity contribution in [3.8, 4) is 11.8 Å². The number of fused-ring (bicyclic) bond motifs is 1. The predicted molar refractivity (Wildman–Crippen MR) is 103 cm³/mol. The number of carbonyl (C=O) groups is 1. The van der Waals surface area contributed by atoms with Crippen LogP contribution in [0.4, 0.5) is 11.9 Å². The van der Waals surface area contributed by atoms with Gasteiger partial charge in [-0.15, -0.1) is 5.92 Å². The molecule has 0 saturated heterocycles. The molecular weight excluding hydrogens is 350 g/mol. The van der Waals surface area contributed by atoms with E-state index in [1.165, 1.54) is 11.7 Å². The quantitative estimate of drug-likeness (QED) is 0.451. The molecule has 27 heavy (non-hydrogen) atoms. The van der Waals surface area contributed by atoms with E-state index in [2.05, 4.69) is 32.4 Å². The van der Waals surface area contributed by atoms with E-state index in [0.717, 1.165) is 0 Å². The fourth-order valence-corrected chi connectivity index (χ4v) is 2.49. The number of anilines is 2. The van der Waals surface area contributed by atoms with Gasteiger partial charge in [-0.05, 0) is 20.8 Å². The Kier molecular flexibility index (Phi) is 6.07. The van der Waals surface area contributed by atoms with E-state index >= 15 is 0 Å². The smallest absolute Gasteiger partial charge is 0.330 e. The summed E-state index contributed by atoms with van der Waals surface area (Å²) in [5.74, 6) is 5.93. The summed E-state index contributed by atoms with van der Waals surface area (Å²) in [5, 5.41) is 6.02. The molecule has 0 aromatic carbocycles. The third-order valence-corrected chi connectivity index (χ3v) is 3.95. The summed E-state index contributed by atoms with van der Waals surface area (Å²) in [5.41, 5.74) is 4.73. The summed E-state index contributed by atoms with van der Waals surface area (Å²) in [7, 11) is 2.87. The number of nitrogens with one attached hydrogen (secondary N) is 2. The van der Waals surface area contributed by atoms with Crippen molar-refractivity contribution in [2.45, 2.75) is 32.9 Å². The summed E-state index contributed by atoms with van der Waals surface area (Å²) in [6, 6.07) is 0. The number of nitrogens with zero attached hydrogens (tertiary/aromatic N) is 4. The van der Waals surface area contributed by atoms with Crippen molar-refractivity contribution in [1.29, 1.82) is 0 Å². The van der Waals surface area contributed by atoms with E-state index in [1.54, 1.807) is 32.4 Å². The normalized spacial score (nSPS) is 11.0. The number of rotatable bonds is 7. The Labute approximate surface area is 157 Å². The number of imidazole rings is 1. The highest BCUT2D eigenvalue weighted by atomic mass is 16.5. The molecule has 2 aromatic heterocycles. The molecule has 0 fully saturated rings. The van der Waals surface area contributed by atoms with Crippen LogP contribution in [0.25, 0.3) is 11.2 Å². The molecule has 0 atom stereocenters. The second-order valence-electron chi connectivity index (χ2n) is 6.38. The van der Waals surface area contributed by atoms with E-state index in [-0.39, 0.29) is 23.7 Å². The molecule has 0 aliphatic rings.